The molecule has 1 rings (SSSR count). The first-order valence-corrected chi connectivity index (χ1v) is 4.84. The molecule has 0 aliphatic rings. The SMILES string of the molecule is O=S(=O)(F)/C=C/c1ccccc1O. The molecule has 70 valence electrons. The van der Waals surface area contributed by atoms with E-state index in [1.54, 1.807) is 12.1 Å². The van der Waals surface area contributed by atoms with Crippen LogP contribution in [-0.4, -0.2) is 13.5 Å². The van der Waals surface area contributed by atoms with Gasteiger partial charge in [-0.15, -0.1) is 3.89 Å². The molecule has 1 N–H and O–H groups in total. The van der Waals surface area contributed by atoms with E-state index >= 15 is 0 Å². The van der Waals surface area contributed by atoms with Crippen LogP contribution in [0.4, 0.5) is 3.89 Å². The number of phenols is 1. The Balaban J connectivity index is 3.00. The number of aromatic hydroxyl groups is 1. The van der Waals surface area contributed by atoms with Crippen LogP contribution < -0.4 is 0 Å². The van der Waals surface area contributed by atoms with Crippen LogP contribution in [0.25, 0.3) is 6.08 Å². The number of halogens is 1. The zero-order valence-corrected chi connectivity index (χ0v) is 7.33. The van der Waals surface area contributed by atoms with E-state index in [-0.39, 0.29) is 11.3 Å². The standard InChI is InChI=1S/C8H7FO3S/c9-13(11,12)6-5-7-3-1-2-4-8(7)10/h1-6,10H/b6-5+. The van der Waals surface area contributed by atoms with E-state index in [1.165, 1.54) is 12.1 Å². The van der Waals surface area contributed by atoms with Gasteiger partial charge in [-0.1, -0.05) is 18.2 Å². The molecule has 0 aliphatic heterocycles. The molecule has 0 amide bonds. The van der Waals surface area contributed by atoms with Gasteiger partial charge in [0.05, 0.1) is 5.41 Å². The van der Waals surface area contributed by atoms with Gasteiger partial charge in [-0.3, -0.25) is 0 Å². The predicted molar refractivity (Wildman–Crippen MR) is 47.2 cm³/mol. The van der Waals surface area contributed by atoms with Gasteiger partial charge < -0.3 is 5.11 Å². The van der Waals surface area contributed by atoms with Gasteiger partial charge in [0.1, 0.15) is 5.75 Å². The van der Waals surface area contributed by atoms with E-state index in [4.69, 9.17) is 5.11 Å². The molecule has 0 aromatic heterocycles. The molecule has 0 radical (unpaired) electrons. The molecule has 1 aromatic carbocycles. The first kappa shape index (κ1) is 9.73. The van der Waals surface area contributed by atoms with Crippen LogP contribution in [0.15, 0.2) is 29.7 Å². The maximum Gasteiger partial charge on any atom is 0.325 e. The van der Waals surface area contributed by atoms with Gasteiger partial charge in [0, 0.05) is 5.56 Å². The van der Waals surface area contributed by atoms with Gasteiger partial charge in [0.15, 0.2) is 0 Å². The third-order valence-electron chi connectivity index (χ3n) is 1.35. The van der Waals surface area contributed by atoms with Crippen LogP contribution in [0.1, 0.15) is 5.56 Å². The van der Waals surface area contributed by atoms with E-state index < -0.39 is 10.2 Å². The molecule has 0 saturated heterocycles. The summed E-state index contributed by atoms with van der Waals surface area (Å²) in [6.07, 6.45) is 0.991. The average Bonchev–Trinajstić information content (AvgIpc) is 2.01. The molecule has 5 heteroatoms. The Kier molecular flexibility index (Phi) is 2.67. The zero-order chi connectivity index (χ0) is 9.90. The van der Waals surface area contributed by atoms with Gasteiger partial charge in [-0.05, 0) is 12.1 Å². The van der Waals surface area contributed by atoms with Crippen molar-refractivity contribution < 1.29 is 17.4 Å². The fourth-order valence-corrected chi connectivity index (χ4v) is 1.09. The number of para-hydroxylation sites is 1. The Morgan fingerprint density at radius 1 is 1.31 bits per heavy atom. The van der Waals surface area contributed by atoms with Crippen LogP contribution in [-0.2, 0) is 10.2 Å². The maximum absolute atomic E-state index is 12.0. The lowest BCUT2D eigenvalue weighted by molar-refractivity contribution is 0.474. The number of hydrogen-bond donors (Lipinski definition) is 1. The molecule has 0 heterocycles. The molecule has 0 fully saturated rings. The lowest BCUT2D eigenvalue weighted by Crippen LogP contribution is -1.81. The molecule has 13 heavy (non-hydrogen) atoms. The molecule has 0 saturated carbocycles. The van der Waals surface area contributed by atoms with Crippen molar-refractivity contribution in [3.05, 3.63) is 35.2 Å². The number of hydrogen-bond acceptors (Lipinski definition) is 3. The summed E-state index contributed by atoms with van der Waals surface area (Å²) in [5.74, 6) is -0.0950. The minimum atomic E-state index is -4.63. The number of rotatable bonds is 2. The van der Waals surface area contributed by atoms with E-state index in [1.807, 2.05) is 0 Å². The average molecular weight is 202 g/mol. The van der Waals surface area contributed by atoms with Crippen molar-refractivity contribution in [2.75, 3.05) is 0 Å². The van der Waals surface area contributed by atoms with Crippen molar-refractivity contribution in [2.24, 2.45) is 0 Å². The Bertz CT molecular complexity index is 423. The highest BCUT2D eigenvalue weighted by Crippen LogP contribution is 2.17. The largest absolute Gasteiger partial charge is 0.507 e. The zero-order valence-electron chi connectivity index (χ0n) is 6.51. The van der Waals surface area contributed by atoms with E-state index in [0.717, 1.165) is 6.08 Å². The lowest BCUT2D eigenvalue weighted by atomic mass is 10.2. The van der Waals surface area contributed by atoms with Crippen LogP contribution in [0.2, 0.25) is 0 Å². The first-order valence-electron chi connectivity index (χ1n) is 3.40. The first-order chi connectivity index (χ1) is 5.99. The minimum absolute atomic E-state index is 0.0950. The van der Waals surface area contributed by atoms with E-state index in [0.29, 0.717) is 5.41 Å². The minimum Gasteiger partial charge on any atom is -0.507 e. The van der Waals surface area contributed by atoms with E-state index in [2.05, 4.69) is 0 Å². The molecule has 0 bridgehead atoms. The van der Waals surface area contributed by atoms with Crippen molar-refractivity contribution >= 4 is 16.3 Å². The fourth-order valence-electron chi connectivity index (χ4n) is 0.783. The molecule has 0 spiro atoms. The highest BCUT2D eigenvalue weighted by atomic mass is 32.3. The Morgan fingerprint density at radius 2 is 1.92 bits per heavy atom. The molecule has 0 aliphatic carbocycles. The van der Waals surface area contributed by atoms with Gasteiger partial charge in [0.25, 0.3) is 0 Å². The molecular formula is C8H7FO3S. The quantitative estimate of drug-likeness (QED) is 0.742. The third kappa shape index (κ3) is 3.25. The highest BCUT2D eigenvalue weighted by molar-refractivity contribution is 7.89. The summed E-state index contributed by atoms with van der Waals surface area (Å²) in [5, 5.41) is 9.53. The summed E-state index contributed by atoms with van der Waals surface area (Å²) >= 11 is 0. The van der Waals surface area contributed by atoms with Crippen LogP contribution in [0.5, 0.6) is 5.75 Å². The van der Waals surface area contributed by atoms with Gasteiger partial charge in [-0.25, -0.2) is 0 Å². The maximum atomic E-state index is 12.0. The summed E-state index contributed by atoms with van der Waals surface area (Å²) in [6.45, 7) is 0. The molecule has 0 unspecified atom stereocenters. The van der Waals surface area contributed by atoms with Crippen molar-refractivity contribution in [3.63, 3.8) is 0 Å². The second-order valence-corrected chi connectivity index (χ2v) is 3.56. The van der Waals surface area contributed by atoms with Gasteiger partial charge in [0.2, 0.25) is 0 Å². The predicted octanol–water partition coefficient (Wildman–Crippen LogP) is 1.66. The fraction of sp³-hybridized carbons (Fsp3) is 0. The van der Waals surface area contributed by atoms with Crippen LogP contribution in [0.3, 0.4) is 0 Å². The Morgan fingerprint density at radius 3 is 2.46 bits per heavy atom. The Labute approximate surface area is 75.4 Å². The molecular weight excluding hydrogens is 195 g/mol. The van der Waals surface area contributed by atoms with Gasteiger partial charge in [-0.2, -0.15) is 8.42 Å². The highest BCUT2D eigenvalue weighted by Gasteiger charge is 2.00. The third-order valence-corrected chi connectivity index (χ3v) is 1.81. The van der Waals surface area contributed by atoms with Crippen molar-refractivity contribution in [1.29, 1.82) is 0 Å². The van der Waals surface area contributed by atoms with E-state index in [9.17, 15) is 12.3 Å². The lowest BCUT2D eigenvalue weighted by Gasteiger charge is -1.95. The van der Waals surface area contributed by atoms with Gasteiger partial charge >= 0.3 is 10.2 Å². The Hall–Kier alpha value is -1.36. The number of benzene rings is 1. The summed E-state index contributed by atoms with van der Waals surface area (Å²) in [6, 6.07) is 6.03. The second kappa shape index (κ2) is 3.57. The molecule has 1 aromatic rings. The summed E-state index contributed by atoms with van der Waals surface area (Å²) in [5.41, 5.74) is 0.253. The van der Waals surface area contributed by atoms with Crippen LogP contribution in [0, 0.1) is 0 Å². The molecule has 0 atom stereocenters. The summed E-state index contributed by atoms with van der Waals surface area (Å²) in [7, 11) is -4.63. The summed E-state index contributed by atoms with van der Waals surface area (Å²) in [4.78, 5) is 0. The van der Waals surface area contributed by atoms with Crippen molar-refractivity contribution in [1.82, 2.24) is 0 Å². The van der Waals surface area contributed by atoms with Crippen LogP contribution >= 0.6 is 0 Å². The smallest absolute Gasteiger partial charge is 0.325 e. The summed E-state index contributed by atoms with van der Waals surface area (Å²) < 4.78 is 32.2. The second-order valence-electron chi connectivity index (χ2n) is 2.34. The normalized spacial score (nSPS) is 12.1. The van der Waals surface area contributed by atoms with Crippen molar-refractivity contribution in [3.8, 4) is 5.75 Å². The van der Waals surface area contributed by atoms with Crippen molar-refractivity contribution in [2.45, 2.75) is 0 Å². The number of phenolic OH excluding ortho intramolecular Hbond substituents is 1. The topological polar surface area (TPSA) is 54.4 Å². The molecule has 3 nitrogen and oxygen atoms in total. The monoisotopic (exact) mass is 202 g/mol.